The van der Waals surface area contributed by atoms with Crippen LogP contribution in [0, 0.1) is 0 Å². The molecule has 24 heavy (non-hydrogen) atoms. The van der Waals surface area contributed by atoms with Crippen LogP contribution in [-0.4, -0.2) is 15.3 Å². The zero-order chi connectivity index (χ0) is 16.7. The van der Waals surface area contributed by atoms with Crippen molar-refractivity contribution in [3.8, 4) is 28.4 Å². The molecule has 0 atom stereocenters. The number of benzene rings is 3. The molecule has 0 fully saturated rings. The molecular weight excluding hydrogens is 300 g/mol. The second-order valence-electron chi connectivity index (χ2n) is 5.91. The third-order valence-electron chi connectivity index (χ3n) is 4.41. The minimum absolute atomic E-state index is 0.0566. The minimum Gasteiger partial charge on any atom is -0.508 e. The summed E-state index contributed by atoms with van der Waals surface area (Å²) in [6, 6.07) is 18.2. The van der Waals surface area contributed by atoms with E-state index in [1.54, 1.807) is 18.2 Å². The lowest BCUT2D eigenvalue weighted by Crippen LogP contribution is -1.91. The van der Waals surface area contributed by atoms with Gasteiger partial charge in [0.05, 0.1) is 0 Å². The Morgan fingerprint density at radius 2 is 1.38 bits per heavy atom. The maximum absolute atomic E-state index is 10.1. The van der Waals surface area contributed by atoms with E-state index in [-0.39, 0.29) is 17.2 Å². The number of allylic oxidation sites excluding steroid dienone is 1. The van der Waals surface area contributed by atoms with Gasteiger partial charge in [0, 0.05) is 11.6 Å². The molecule has 0 unspecified atom stereocenters. The summed E-state index contributed by atoms with van der Waals surface area (Å²) in [5.74, 6) is 0.413. The molecular formula is C21H16O3. The van der Waals surface area contributed by atoms with Crippen molar-refractivity contribution in [1.29, 1.82) is 0 Å². The molecule has 0 saturated heterocycles. The van der Waals surface area contributed by atoms with Gasteiger partial charge in [-0.3, -0.25) is 0 Å². The second kappa shape index (κ2) is 5.46. The first-order valence-corrected chi connectivity index (χ1v) is 7.77. The first-order chi connectivity index (χ1) is 11.6. The summed E-state index contributed by atoms with van der Waals surface area (Å²) in [7, 11) is 0. The number of hydrogen-bond acceptors (Lipinski definition) is 3. The van der Waals surface area contributed by atoms with E-state index < -0.39 is 0 Å². The van der Waals surface area contributed by atoms with Gasteiger partial charge in [0.25, 0.3) is 0 Å². The Bertz CT molecular complexity index is 953. The topological polar surface area (TPSA) is 60.7 Å². The minimum atomic E-state index is 0.0566. The lowest BCUT2D eigenvalue weighted by molar-refractivity contribution is 0.447. The highest BCUT2D eigenvalue weighted by Crippen LogP contribution is 2.42. The normalized spacial score (nSPS) is 12.8. The van der Waals surface area contributed by atoms with Crippen LogP contribution in [-0.2, 0) is 6.42 Å². The molecule has 3 nitrogen and oxygen atoms in total. The van der Waals surface area contributed by atoms with Gasteiger partial charge in [-0.1, -0.05) is 42.5 Å². The van der Waals surface area contributed by atoms with Gasteiger partial charge in [-0.05, 0) is 52.4 Å². The lowest BCUT2D eigenvalue weighted by atomic mass is 9.91. The van der Waals surface area contributed by atoms with Gasteiger partial charge in [0.2, 0.25) is 0 Å². The van der Waals surface area contributed by atoms with E-state index in [1.165, 1.54) is 6.07 Å². The van der Waals surface area contributed by atoms with Crippen molar-refractivity contribution in [2.45, 2.75) is 6.42 Å². The Balaban J connectivity index is 1.88. The van der Waals surface area contributed by atoms with Crippen molar-refractivity contribution in [2.24, 2.45) is 0 Å². The summed E-state index contributed by atoms with van der Waals surface area (Å²) in [5.41, 5.74) is 5.77. The second-order valence-corrected chi connectivity index (χ2v) is 5.91. The van der Waals surface area contributed by atoms with Crippen LogP contribution in [0.2, 0.25) is 0 Å². The summed E-state index contributed by atoms with van der Waals surface area (Å²) in [4.78, 5) is 0. The molecule has 3 aromatic carbocycles. The van der Waals surface area contributed by atoms with Gasteiger partial charge >= 0.3 is 0 Å². The Labute approximate surface area is 139 Å². The Hall–Kier alpha value is -3.20. The molecule has 1 aliphatic carbocycles. The quantitative estimate of drug-likeness (QED) is 0.654. The fourth-order valence-electron chi connectivity index (χ4n) is 3.28. The van der Waals surface area contributed by atoms with Gasteiger partial charge in [-0.15, -0.1) is 0 Å². The zero-order valence-corrected chi connectivity index (χ0v) is 12.9. The van der Waals surface area contributed by atoms with Crippen LogP contribution in [0.1, 0.15) is 16.7 Å². The van der Waals surface area contributed by atoms with E-state index in [2.05, 4.69) is 6.08 Å². The number of aromatic hydroxyl groups is 3. The van der Waals surface area contributed by atoms with Crippen LogP contribution in [0.5, 0.6) is 17.2 Å². The average Bonchev–Trinajstić information content (AvgIpc) is 2.99. The van der Waals surface area contributed by atoms with Crippen LogP contribution in [0.15, 0.2) is 66.7 Å². The number of phenols is 3. The first kappa shape index (κ1) is 14.4. The number of hydrogen-bond donors (Lipinski definition) is 3. The maximum Gasteiger partial charge on any atom is 0.123 e. The van der Waals surface area contributed by atoms with Gasteiger partial charge in [0.1, 0.15) is 17.2 Å². The molecule has 3 N–H and O–H groups in total. The summed E-state index contributed by atoms with van der Waals surface area (Å²) < 4.78 is 0. The van der Waals surface area contributed by atoms with Gasteiger partial charge in [0.15, 0.2) is 0 Å². The van der Waals surface area contributed by atoms with Gasteiger partial charge in [-0.25, -0.2) is 0 Å². The predicted octanol–water partition coefficient (Wildman–Crippen LogP) is 4.46. The van der Waals surface area contributed by atoms with Crippen molar-refractivity contribution in [3.63, 3.8) is 0 Å². The van der Waals surface area contributed by atoms with Crippen LogP contribution >= 0.6 is 0 Å². The summed E-state index contributed by atoms with van der Waals surface area (Å²) in [6.07, 6.45) is 2.71. The van der Waals surface area contributed by atoms with Crippen LogP contribution in [0.4, 0.5) is 0 Å². The molecule has 0 saturated carbocycles. The molecule has 118 valence electrons. The number of rotatable bonds is 2. The van der Waals surface area contributed by atoms with Crippen LogP contribution in [0.3, 0.4) is 0 Å². The molecule has 0 aromatic heterocycles. The van der Waals surface area contributed by atoms with Crippen molar-refractivity contribution in [2.75, 3.05) is 0 Å². The molecule has 0 heterocycles. The molecule has 0 spiro atoms. The van der Waals surface area contributed by atoms with Crippen LogP contribution < -0.4 is 0 Å². The highest BCUT2D eigenvalue weighted by atomic mass is 16.3. The highest BCUT2D eigenvalue weighted by Gasteiger charge is 2.21. The fourth-order valence-corrected chi connectivity index (χ4v) is 3.28. The van der Waals surface area contributed by atoms with E-state index in [0.29, 0.717) is 6.42 Å². The predicted molar refractivity (Wildman–Crippen MR) is 94.1 cm³/mol. The van der Waals surface area contributed by atoms with Crippen molar-refractivity contribution in [1.82, 2.24) is 0 Å². The molecule has 0 amide bonds. The molecule has 0 radical (unpaired) electrons. The average molecular weight is 316 g/mol. The zero-order valence-electron chi connectivity index (χ0n) is 12.9. The summed E-state index contributed by atoms with van der Waals surface area (Å²) in [5, 5.41) is 29.4. The molecule has 1 aliphatic rings. The molecule has 0 bridgehead atoms. The standard InChI is InChI=1S/C21H16O3/c22-14-7-5-13(6-8-14)16-3-1-2-4-17(16)18-9-10-19-20(18)11-15(23)12-21(19)24/h1-9,11-12,22-24H,10H2. The molecule has 3 heteroatoms. The van der Waals surface area contributed by atoms with Crippen molar-refractivity contribution in [3.05, 3.63) is 83.4 Å². The smallest absolute Gasteiger partial charge is 0.123 e. The molecule has 3 aromatic rings. The third kappa shape index (κ3) is 2.31. The summed E-state index contributed by atoms with van der Waals surface area (Å²) >= 11 is 0. The van der Waals surface area contributed by atoms with Crippen molar-refractivity contribution >= 4 is 5.57 Å². The SMILES string of the molecule is Oc1ccc(-c2ccccc2C2=CCc3c(O)cc(O)cc32)cc1. The summed E-state index contributed by atoms with van der Waals surface area (Å²) in [6.45, 7) is 0. The Morgan fingerprint density at radius 3 is 2.12 bits per heavy atom. The van der Waals surface area contributed by atoms with Gasteiger partial charge in [-0.2, -0.15) is 0 Å². The lowest BCUT2D eigenvalue weighted by Gasteiger charge is -2.13. The maximum atomic E-state index is 10.1. The third-order valence-corrected chi connectivity index (χ3v) is 4.41. The van der Waals surface area contributed by atoms with Crippen molar-refractivity contribution < 1.29 is 15.3 Å². The Kier molecular flexibility index (Phi) is 3.28. The molecule has 4 rings (SSSR count). The number of phenolic OH excluding ortho intramolecular Hbond substituents is 3. The van der Waals surface area contributed by atoms with E-state index >= 15 is 0 Å². The monoisotopic (exact) mass is 316 g/mol. The Morgan fingerprint density at radius 1 is 0.667 bits per heavy atom. The first-order valence-electron chi connectivity index (χ1n) is 7.77. The largest absolute Gasteiger partial charge is 0.508 e. The fraction of sp³-hybridized carbons (Fsp3) is 0.0476. The van der Waals surface area contributed by atoms with Crippen LogP contribution in [0.25, 0.3) is 16.7 Å². The van der Waals surface area contributed by atoms with Gasteiger partial charge < -0.3 is 15.3 Å². The van der Waals surface area contributed by atoms with E-state index in [0.717, 1.165) is 33.4 Å². The van der Waals surface area contributed by atoms with E-state index in [9.17, 15) is 15.3 Å². The highest BCUT2D eigenvalue weighted by molar-refractivity contribution is 5.92. The molecule has 0 aliphatic heterocycles. The van der Waals surface area contributed by atoms with E-state index in [1.807, 2.05) is 36.4 Å². The number of fused-ring (bicyclic) bond motifs is 1. The van der Waals surface area contributed by atoms with E-state index in [4.69, 9.17) is 0 Å².